The summed E-state index contributed by atoms with van der Waals surface area (Å²) in [7, 11) is 1.81. The topological polar surface area (TPSA) is 24.5 Å². The zero-order valence-electron chi connectivity index (χ0n) is 14.3. The molecule has 0 aromatic heterocycles. The zero-order chi connectivity index (χ0) is 15.0. The van der Waals surface area contributed by atoms with E-state index < -0.39 is 0 Å². The van der Waals surface area contributed by atoms with Crippen molar-refractivity contribution in [2.45, 2.75) is 77.9 Å². The summed E-state index contributed by atoms with van der Waals surface area (Å²) < 4.78 is 5.35. The van der Waals surface area contributed by atoms with E-state index in [0.29, 0.717) is 18.1 Å². The Balaban J connectivity index is 2.74. The molecule has 1 fully saturated rings. The molecule has 0 saturated heterocycles. The van der Waals surface area contributed by atoms with Crippen molar-refractivity contribution in [2.24, 2.45) is 5.92 Å². The molecule has 0 aromatic rings. The smallest absolute Gasteiger partial charge is 0.0589 e. The van der Waals surface area contributed by atoms with Crippen LogP contribution < -0.4 is 5.32 Å². The molecule has 0 aliphatic heterocycles. The lowest BCUT2D eigenvalue weighted by atomic mass is 9.96. The van der Waals surface area contributed by atoms with Crippen LogP contribution in [0, 0.1) is 5.92 Å². The van der Waals surface area contributed by atoms with Gasteiger partial charge in [0.1, 0.15) is 0 Å². The van der Waals surface area contributed by atoms with Crippen LogP contribution in [0.25, 0.3) is 0 Å². The van der Waals surface area contributed by atoms with Crippen molar-refractivity contribution in [1.82, 2.24) is 10.2 Å². The van der Waals surface area contributed by atoms with E-state index in [0.717, 1.165) is 25.6 Å². The second-order valence-electron chi connectivity index (χ2n) is 6.24. The molecule has 3 unspecified atom stereocenters. The van der Waals surface area contributed by atoms with Gasteiger partial charge in [-0.15, -0.1) is 0 Å². The fourth-order valence-corrected chi connectivity index (χ4v) is 3.47. The number of likely N-dealkylation sites (N-methyl/N-ethyl adjacent to an activating group) is 1. The summed E-state index contributed by atoms with van der Waals surface area (Å²) in [5.74, 6) is 0.921. The van der Waals surface area contributed by atoms with E-state index >= 15 is 0 Å². The van der Waals surface area contributed by atoms with Gasteiger partial charge in [0.25, 0.3) is 0 Å². The van der Waals surface area contributed by atoms with Gasteiger partial charge in [-0.05, 0) is 45.1 Å². The molecule has 0 heterocycles. The van der Waals surface area contributed by atoms with Gasteiger partial charge in [0.2, 0.25) is 0 Å². The van der Waals surface area contributed by atoms with Crippen molar-refractivity contribution in [2.75, 3.05) is 26.8 Å². The number of methoxy groups -OCH3 is 1. The lowest BCUT2D eigenvalue weighted by Gasteiger charge is -2.41. The van der Waals surface area contributed by atoms with Crippen LogP contribution in [-0.4, -0.2) is 49.8 Å². The summed E-state index contributed by atoms with van der Waals surface area (Å²) in [6, 6.07) is 1.96. The monoisotopic (exact) mass is 284 g/mol. The van der Waals surface area contributed by atoms with Gasteiger partial charge in [0, 0.05) is 31.8 Å². The highest BCUT2D eigenvalue weighted by molar-refractivity contribution is 4.92. The van der Waals surface area contributed by atoms with E-state index in [2.05, 4.69) is 37.9 Å². The third-order valence-electron chi connectivity index (χ3n) is 4.76. The van der Waals surface area contributed by atoms with Crippen LogP contribution in [0.1, 0.15) is 59.8 Å². The van der Waals surface area contributed by atoms with Gasteiger partial charge in [0.15, 0.2) is 0 Å². The lowest BCUT2D eigenvalue weighted by molar-refractivity contribution is 0.0602. The van der Waals surface area contributed by atoms with Crippen LogP contribution in [0.4, 0.5) is 0 Å². The molecule has 1 aliphatic carbocycles. The minimum atomic E-state index is 0.619. The first kappa shape index (κ1) is 17.9. The molecule has 3 nitrogen and oxygen atoms in total. The molecule has 20 heavy (non-hydrogen) atoms. The summed E-state index contributed by atoms with van der Waals surface area (Å²) in [5, 5.41) is 3.72. The molecule has 0 radical (unpaired) electrons. The van der Waals surface area contributed by atoms with Crippen molar-refractivity contribution < 1.29 is 4.74 Å². The van der Waals surface area contributed by atoms with Crippen molar-refractivity contribution in [3.05, 3.63) is 0 Å². The van der Waals surface area contributed by atoms with Crippen LogP contribution in [0.3, 0.4) is 0 Å². The second kappa shape index (κ2) is 9.75. The Hall–Kier alpha value is -0.120. The molecule has 0 aromatic carbocycles. The predicted octanol–water partition coefficient (Wildman–Crippen LogP) is 3.29. The van der Waals surface area contributed by atoms with E-state index in [1.807, 2.05) is 7.11 Å². The van der Waals surface area contributed by atoms with Crippen LogP contribution >= 0.6 is 0 Å². The summed E-state index contributed by atoms with van der Waals surface area (Å²) in [4.78, 5) is 2.73. The number of nitrogens with zero attached hydrogens (tertiary/aromatic N) is 1. The van der Waals surface area contributed by atoms with Gasteiger partial charge in [-0.3, -0.25) is 4.90 Å². The fourth-order valence-electron chi connectivity index (χ4n) is 3.47. The molecule has 1 rings (SSSR count). The predicted molar refractivity (Wildman–Crippen MR) is 87.2 cm³/mol. The number of rotatable bonds is 12. The quantitative estimate of drug-likeness (QED) is 0.595. The molecule has 1 N–H and O–H groups in total. The first-order valence-electron chi connectivity index (χ1n) is 8.67. The van der Waals surface area contributed by atoms with E-state index in [4.69, 9.17) is 4.74 Å². The number of nitrogens with one attached hydrogen (secondary N) is 1. The highest BCUT2D eigenvalue weighted by atomic mass is 16.5. The largest absolute Gasteiger partial charge is 0.383 e. The molecule has 0 amide bonds. The van der Waals surface area contributed by atoms with E-state index in [9.17, 15) is 0 Å². The Morgan fingerprint density at radius 3 is 2.40 bits per heavy atom. The minimum Gasteiger partial charge on any atom is -0.383 e. The molecule has 3 atom stereocenters. The summed E-state index contributed by atoms with van der Waals surface area (Å²) in [6.45, 7) is 12.3. The normalized spacial score (nSPS) is 20.1. The van der Waals surface area contributed by atoms with Gasteiger partial charge < -0.3 is 10.1 Å². The Morgan fingerprint density at radius 2 is 1.95 bits per heavy atom. The van der Waals surface area contributed by atoms with Crippen molar-refractivity contribution in [1.29, 1.82) is 0 Å². The van der Waals surface area contributed by atoms with Crippen molar-refractivity contribution in [3.8, 4) is 0 Å². The van der Waals surface area contributed by atoms with Gasteiger partial charge >= 0.3 is 0 Å². The highest BCUT2D eigenvalue weighted by Crippen LogP contribution is 2.36. The molecular formula is C17H36N2O. The Bertz CT molecular complexity index is 237. The molecule has 0 bridgehead atoms. The SMILES string of the molecule is CCCC(NCC)C(CC)N(CCOC)C(C)C1CC1. The van der Waals surface area contributed by atoms with Crippen molar-refractivity contribution in [3.63, 3.8) is 0 Å². The molecular weight excluding hydrogens is 248 g/mol. The Kier molecular flexibility index (Phi) is 8.74. The third kappa shape index (κ3) is 5.34. The standard InChI is InChI=1S/C17H36N2O/c1-6-9-16(18-8-3)17(7-2)19(12-13-20-5)14(4)15-10-11-15/h14-18H,6-13H2,1-5H3. The molecule has 3 heteroatoms. The molecule has 0 spiro atoms. The Labute approximate surface area is 126 Å². The maximum absolute atomic E-state index is 5.35. The molecule has 1 saturated carbocycles. The summed E-state index contributed by atoms with van der Waals surface area (Å²) in [5.41, 5.74) is 0. The van der Waals surface area contributed by atoms with E-state index in [1.54, 1.807) is 0 Å². The van der Waals surface area contributed by atoms with Crippen LogP contribution in [0.2, 0.25) is 0 Å². The van der Waals surface area contributed by atoms with Crippen molar-refractivity contribution >= 4 is 0 Å². The van der Waals surface area contributed by atoms with Gasteiger partial charge in [0.05, 0.1) is 6.61 Å². The highest BCUT2D eigenvalue weighted by Gasteiger charge is 2.36. The maximum Gasteiger partial charge on any atom is 0.0589 e. The molecule has 120 valence electrons. The van der Waals surface area contributed by atoms with Gasteiger partial charge in [-0.25, -0.2) is 0 Å². The number of hydrogen-bond donors (Lipinski definition) is 1. The van der Waals surface area contributed by atoms with Crippen LogP contribution in [-0.2, 0) is 4.74 Å². The molecule has 1 aliphatic rings. The third-order valence-corrected chi connectivity index (χ3v) is 4.76. The van der Waals surface area contributed by atoms with Crippen LogP contribution in [0.15, 0.2) is 0 Å². The van der Waals surface area contributed by atoms with E-state index in [1.165, 1.54) is 32.1 Å². The fraction of sp³-hybridized carbons (Fsp3) is 1.00. The first-order chi connectivity index (χ1) is 9.69. The van der Waals surface area contributed by atoms with Gasteiger partial charge in [-0.2, -0.15) is 0 Å². The van der Waals surface area contributed by atoms with Gasteiger partial charge in [-0.1, -0.05) is 27.2 Å². The first-order valence-corrected chi connectivity index (χ1v) is 8.67. The zero-order valence-corrected chi connectivity index (χ0v) is 14.3. The Morgan fingerprint density at radius 1 is 1.25 bits per heavy atom. The number of hydrogen-bond acceptors (Lipinski definition) is 3. The summed E-state index contributed by atoms with van der Waals surface area (Å²) >= 11 is 0. The average Bonchev–Trinajstić information content (AvgIpc) is 3.27. The van der Waals surface area contributed by atoms with E-state index in [-0.39, 0.29) is 0 Å². The lowest BCUT2D eigenvalue weighted by Crippen LogP contribution is -2.54. The number of ether oxygens (including phenoxy) is 1. The summed E-state index contributed by atoms with van der Waals surface area (Å²) in [6.07, 6.45) is 6.58. The maximum atomic E-state index is 5.35. The minimum absolute atomic E-state index is 0.619. The second-order valence-corrected chi connectivity index (χ2v) is 6.24. The van der Waals surface area contributed by atoms with Crippen LogP contribution in [0.5, 0.6) is 0 Å². The average molecular weight is 284 g/mol.